The molecule has 0 aliphatic rings. The highest BCUT2D eigenvalue weighted by atomic mass is 32.4. The topological polar surface area (TPSA) is 43.4 Å². The van der Waals surface area contributed by atoms with E-state index >= 15 is 0 Å². The second kappa shape index (κ2) is 6.58. The molecular weight excluding hydrogens is 369 g/mol. The number of hydrogen-bond donors (Lipinski definition) is 0. The van der Waals surface area contributed by atoms with Crippen LogP contribution in [0.3, 0.4) is 0 Å². The van der Waals surface area contributed by atoms with Crippen molar-refractivity contribution in [1.29, 1.82) is 0 Å². The maximum atomic E-state index is 13.0. The molecule has 25 heavy (non-hydrogen) atoms. The summed E-state index contributed by atoms with van der Waals surface area (Å²) in [4.78, 5) is 0. The Labute approximate surface area is 146 Å². The molecule has 0 aliphatic carbocycles. The Kier molecular flexibility index (Phi) is 5.18. The number of hydrogen-bond acceptors (Lipinski definition) is 3. The van der Waals surface area contributed by atoms with E-state index in [1.807, 2.05) is 0 Å². The van der Waals surface area contributed by atoms with Crippen molar-refractivity contribution in [2.24, 2.45) is 0 Å². The lowest BCUT2D eigenvalue weighted by molar-refractivity contribution is -0.271. The highest BCUT2D eigenvalue weighted by molar-refractivity contribution is 8.22. The fraction of sp³-hybridized carbons (Fsp3) is 0.294. The van der Waals surface area contributed by atoms with Gasteiger partial charge in [0.1, 0.15) is 0 Å². The first kappa shape index (κ1) is 19.7. The van der Waals surface area contributed by atoms with Gasteiger partial charge in [0.05, 0.1) is 0 Å². The Hall–Kier alpha value is -1.64. The molecule has 0 amide bonds. The Balaban J connectivity index is 2.93. The maximum Gasteiger partial charge on any atom is 0.536 e. The van der Waals surface area contributed by atoms with Gasteiger partial charge >= 0.3 is 6.36 Å². The molecule has 8 heteroatoms. The zero-order valence-corrected chi connectivity index (χ0v) is 15.9. The van der Waals surface area contributed by atoms with E-state index in [4.69, 9.17) is 0 Å². The van der Waals surface area contributed by atoms with Crippen molar-refractivity contribution in [2.45, 2.75) is 32.2 Å². The van der Waals surface area contributed by atoms with Crippen LogP contribution in [0.15, 0.2) is 60.7 Å². The van der Waals surface area contributed by atoms with E-state index in [1.165, 1.54) is 0 Å². The third-order valence-electron chi connectivity index (χ3n) is 4.00. The summed E-state index contributed by atoms with van der Waals surface area (Å²) in [6, 6.07) is 16.1. The van der Waals surface area contributed by atoms with Gasteiger partial charge in [0.25, 0.3) is 7.22 Å². The molecule has 3 nitrogen and oxygen atoms in total. The van der Waals surface area contributed by atoms with E-state index in [0.29, 0.717) is 10.4 Å². The lowest BCUT2D eigenvalue weighted by atomic mass is 10.2. The number of alkyl halides is 3. The van der Waals surface area contributed by atoms with Crippen LogP contribution in [0.25, 0.3) is 0 Å². The normalized spacial score (nSPS) is 13.7. The predicted octanol–water partition coefficient (Wildman–Crippen LogP) is 3.41. The van der Waals surface area contributed by atoms with Crippen molar-refractivity contribution >= 4 is 27.2 Å². The summed E-state index contributed by atoms with van der Waals surface area (Å²) >= 11 is 0. The monoisotopic (exact) mass is 388 g/mol. The molecule has 0 aliphatic heterocycles. The van der Waals surface area contributed by atoms with E-state index in [1.54, 1.807) is 81.4 Å². The van der Waals surface area contributed by atoms with Gasteiger partial charge in [-0.2, -0.15) is 4.18 Å². The molecule has 2 aromatic carbocycles. The van der Waals surface area contributed by atoms with Crippen LogP contribution in [0, 0.1) is 0 Å². The lowest BCUT2D eigenvalue weighted by Crippen LogP contribution is -2.70. The van der Waals surface area contributed by atoms with Crippen molar-refractivity contribution in [3.8, 4) is 0 Å². The van der Waals surface area contributed by atoms with Crippen LogP contribution in [0.5, 0.6) is 0 Å². The summed E-state index contributed by atoms with van der Waals surface area (Å²) in [5.41, 5.74) is 0. The van der Waals surface area contributed by atoms with E-state index in [-0.39, 0.29) is 0 Å². The maximum absolute atomic E-state index is 13.0. The first-order valence-corrected chi connectivity index (χ1v) is 11.7. The van der Waals surface area contributed by atoms with E-state index in [9.17, 15) is 21.6 Å². The van der Waals surface area contributed by atoms with Crippen LogP contribution >= 0.6 is 0 Å². The minimum Gasteiger partial charge on any atom is -0.207 e. The van der Waals surface area contributed by atoms with Crippen molar-refractivity contribution in [2.75, 3.05) is 0 Å². The van der Waals surface area contributed by atoms with Crippen molar-refractivity contribution < 1.29 is 25.8 Å². The van der Waals surface area contributed by atoms with Crippen molar-refractivity contribution in [1.82, 2.24) is 0 Å². The summed E-state index contributed by atoms with van der Waals surface area (Å²) < 4.78 is 68.6. The molecule has 0 fully saturated rings. The average Bonchev–Trinajstić information content (AvgIpc) is 2.45. The van der Waals surface area contributed by atoms with Crippen LogP contribution in [0.1, 0.15) is 20.8 Å². The summed E-state index contributed by atoms with van der Waals surface area (Å²) in [7, 11) is -9.05. The largest absolute Gasteiger partial charge is 0.536 e. The van der Waals surface area contributed by atoms with Gasteiger partial charge < -0.3 is 0 Å². The average molecular weight is 388 g/mol. The molecule has 0 saturated heterocycles. The second-order valence-corrected chi connectivity index (χ2v) is 15.1. The SMILES string of the molecule is CC(C)(C)[Si](c1ccccc1)(c1ccccc1)S(=O)(=O)OC(F)(F)F. The van der Waals surface area contributed by atoms with Crippen LogP contribution < -0.4 is 10.4 Å². The van der Waals surface area contributed by atoms with Crippen molar-refractivity contribution in [3.05, 3.63) is 60.7 Å². The molecular formula is C17H19F3O3SSi. The highest BCUT2D eigenvalue weighted by Crippen LogP contribution is 2.41. The molecule has 2 aromatic rings. The molecule has 0 aromatic heterocycles. The van der Waals surface area contributed by atoms with Crippen LogP contribution in [-0.2, 0) is 13.8 Å². The minimum atomic E-state index is -5.29. The molecule has 0 unspecified atom stereocenters. The highest BCUT2D eigenvalue weighted by Gasteiger charge is 2.62. The summed E-state index contributed by atoms with van der Waals surface area (Å²) in [5.74, 6) is 0. The Morgan fingerprint density at radius 2 is 1.16 bits per heavy atom. The molecule has 0 atom stereocenters. The van der Waals surface area contributed by atoms with E-state index in [0.717, 1.165) is 0 Å². The fourth-order valence-electron chi connectivity index (χ4n) is 3.23. The lowest BCUT2D eigenvalue weighted by Gasteiger charge is -2.41. The van der Waals surface area contributed by atoms with Crippen LogP contribution in [0.2, 0.25) is 5.04 Å². The number of rotatable bonds is 4. The fourth-order valence-corrected chi connectivity index (χ4v) is 13.8. The van der Waals surface area contributed by atoms with Gasteiger partial charge in [-0.15, -0.1) is 13.2 Å². The quantitative estimate of drug-likeness (QED) is 0.754. The van der Waals surface area contributed by atoms with Gasteiger partial charge in [-0.1, -0.05) is 81.4 Å². The van der Waals surface area contributed by atoms with Gasteiger partial charge in [0, 0.05) is 0 Å². The first-order chi connectivity index (χ1) is 11.4. The zero-order valence-electron chi connectivity index (χ0n) is 14.0. The Bertz CT molecular complexity index is 774. The van der Waals surface area contributed by atoms with Gasteiger partial charge in [0.15, 0.2) is 0 Å². The van der Waals surface area contributed by atoms with Gasteiger partial charge in [-0.05, 0) is 15.4 Å². The molecule has 0 bridgehead atoms. The Morgan fingerprint density at radius 3 is 1.44 bits per heavy atom. The molecule has 136 valence electrons. The first-order valence-electron chi connectivity index (χ1n) is 7.55. The van der Waals surface area contributed by atoms with Crippen LogP contribution in [0.4, 0.5) is 13.2 Å². The predicted molar refractivity (Wildman–Crippen MR) is 93.7 cm³/mol. The number of halogens is 3. The third-order valence-corrected chi connectivity index (χ3v) is 15.3. The zero-order chi connectivity index (χ0) is 18.9. The van der Waals surface area contributed by atoms with Crippen LogP contribution in [-0.4, -0.2) is 22.0 Å². The molecule has 0 radical (unpaired) electrons. The van der Waals surface area contributed by atoms with Gasteiger partial charge in [-0.3, -0.25) is 0 Å². The number of benzene rings is 2. The van der Waals surface area contributed by atoms with E-state index in [2.05, 4.69) is 4.18 Å². The summed E-state index contributed by atoms with van der Waals surface area (Å²) in [6.07, 6.45) is -5.29. The molecule has 0 spiro atoms. The Morgan fingerprint density at radius 1 is 0.800 bits per heavy atom. The van der Waals surface area contributed by atoms with Gasteiger partial charge in [0.2, 0.25) is 9.57 Å². The minimum absolute atomic E-state index is 0.345. The van der Waals surface area contributed by atoms with Gasteiger partial charge in [-0.25, -0.2) is 8.42 Å². The molecule has 0 saturated carbocycles. The summed E-state index contributed by atoms with van der Waals surface area (Å²) in [6.45, 7) is 4.91. The second-order valence-electron chi connectivity index (χ2n) is 6.65. The third kappa shape index (κ3) is 3.65. The molecule has 0 N–H and O–H groups in total. The van der Waals surface area contributed by atoms with E-state index < -0.39 is 28.2 Å². The summed E-state index contributed by atoms with van der Waals surface area (Å²) in [5, 5.41) is -0.310. The van der Waals surface area contributed by atoms with Crippen molar-refractivity contribution in [3.63, 3.8) is 0 Å². The molecule has 2 rings (SSSR count). The standard InChI is InChI=1S/C17H19F3O3SSi/c1-16(2,3)25(14-10-6-4-7-11-14,15-12-8-5-9-13-15)24(21,22)23-17(18,19)20/h4-13H,1-3H3. The smallest absolute Gasteiger partial charge is 0.207 e. The molecule has 0 heterocycles.